The molecule has 1 aromatic carbocycles. The Bertz CT molecular complexity index is 1120. The molecular weight excluding hydrogens is 430 g/mol. The number of methoxy groups -OCH3 is 2. The molecule has 0 aliphatic heterocycles. The molecule has 2 aliphatic carbocycles. The molecule has 2 saturated carbocycles. The number of aromatic nitrogens is 4. The van der Waals surface area contributed by atoms with Gasteiger partial charge < -0.3 is 30.4 Å². The van der Waals surface area contributed by atoms with Gasteiger partial charge in [-0.1, -0.05) is 12.8 Å². The number of hydrogen-bond donors (Lipinski definition) is 3. The zero-order chi connectivity index (χ0) is 23.5. The van der Waals surface area contributed by atoms with Gasteiger partial charge in [0.2, 0.25) is 5.95 Å². The SMILES string of the molecule is COc1ccc(CNc2nc(N[C@H]3CC[C@H](N)CC3)nc3c2ncn3C2CCCC2)c(OC)c1. The topological polar surface area (TPSA) is 112 Å². The summed E-state index contributed by atoms with van der Waals surface area (Å²) in [6.07, 6.45) is 10.9. The number of fused-ring (bicyclic) bond motifs is 1. The fraction of sp³-hybridized carbons (Fsp3) is 0.560. The van der Waals surface area contributed by atoms with Gasteiger partial charge >= 0.3 is 0 Å². The molecule has 4 N–H and O–H groups in total. The quantitative estimate of drug-likeness (QED) is 0.453. The van der Waals surface area contributed by atoms with E-state index in [0.29, 0.717) is 30.6 Å². The second-order valence-electron chi connectivity index (χ2n) is 9.45. The number of ether oxygens (including phenoxy) is 2. The molecule has 9 heteroatoms. The molecule has 0 saturated heterocycles. The molecule has 0 bridgehead atoms. The zero-order valence-corrected chi connectivity index (χ0v) is 20.1. The fourth-order valence-corrected chi connectivity index (χ4v) is 5.18. The summed E-state index contributed by atoms with van der Waals surface area (Å²) in [5.74, 6) is 2.91. The summed E-state index contributed by atoms with van der Waals surface area (Å²) in [5.41, 5.74) is 8.81. The van der Waals surface area contributed by atoms with Crippen LogP contribution in [0.15, 0.2) is 24.5 Å². The summed E-state index contributed by atoms with van der Waals surface area (Å²) in [6, 6.07) is 6.93. The molecule has 2 aliphatic rings. The van der Waals surface area contributed by atoms with Crippen LogP contribution in [-0.4, -0.2) is 45.8 Å². The molecule has 0 spiro atoms. The first-order valence-corrected chi connectivity index (χ1v) is 12.4. The lowest BCUT2D eigenvalue weighted by atomic mass is 9.92. The smallest absolute Gasteiger partial charge is 0.227 e. The first kappa shape index (κ1) is 22.7. The second-order valence-corrected chi connectivity index (χ2v) is 9.45. The van der Waals surface area contributed by atoms with Crippen molar-refractivity contribution in [2.75, 3.05) is 24.9 Å². The molecule has 3 aromatic rings. The standard InChI is InChI=1S/C25H35N7O2/c1-33-20-12-7-16(21(13-20)34-2)14-27-23-22-24(32(15-28-22)19-5-3-4-6-19)31-25(30-23)29-18-10-8-17(26)9-11-18/h7,12-13,15,17-19H,3-6,8-11,14,26H2,1-2H3,(H2,27,29,30,31)/t17-,18-. The van der Waals surface area contributed by atoms with E-state index in [0.717, 1.165) is 59.7 Å². The predicted molar refractivity (Wildman–Crippen MR) is 134 cm³/mol. The average Bonchev–Trinajstić information content (AvgIpc) is 3.54. The summed E-state index contributed by atoms with van der Waals surface area (Å²) < 4.78 is 13.1. The van der Waals surface area contributed by atoms with Gasteiger partial charge in [-0.05, 0) is 50.7 Å². The lowest BCUT2D eigenvalue weighted by Gasteiger charge is -2.27. The molecule has 0 amide bonds. The predicted octanol–water partition coefficient (Wildman–Crippen LogP) is 4.25. The maximum atomic E-state index is 6.10. The number of rotatable bonds is 8. The first-order chi connectivity index (χ1) is 16.6. The number of hydrogen-bond acceptors (Lipinski definition) is 8. The molecular formula is C25H35N7O2. The van der Waals surface area contributed by atoms with Crippen LogP contribution in [0.25, 0.3) is 11.2 Å². The van der Waals surface area contributed by atoms with Crippen molar-refractivity contribution in [3.05, 3.63) is 30.1 Å². The van der Waals surface area contributed by atoms with E-state index in [1.54, 1.807) is 14.2 Å². The molecule has 0 unspecified atom stereocenters. The Hall–Kier alpha value is -3.07. The van der Waals surface area contributed by atoms with E-state index in [9.17, 15) is 0 Å². The third kappa shape index (κ3) is 4.75. The minimum absolute atomic E-state index is 0.307. The van der Waals surface area contributed by atoms with Gasteiger partial charge in [0.05, 0.1) is 20.5 Å². The van der Waals surface area contributed by atoms with E-state index in [1.807, 2.05) is 24.5 Å². The van der Waals surface area contributed by atoms with Gasteiger partial charge in [-0.3, -0.25) is 0 Å². The third-order valence-corrected chi connectivity index (χ3v) is 7.19. The molecule has 0 atom stereocenters. The Labute approximate surface area is 200 Å². The van der Waals surface area contributed by atoms with Gasteiger partial charge in [0, 0.05) is 36.3 Å². The Morgan fingerprint density at radius 3 is 2.56 bits per heavy atom. The van der Waals surface area contributed by atoms with Crippen LogP contribution in [0.3, 0.4) is 0 Å². The Morgan fingerprint density at radius 2 is 1.82 bits per heavy atom. The molecule has 34 heavy (non-hydrogen) atoms. The average molecular weight is 466 g/mol. The van der Waals surface area contributed by atoms with Gasteiger partial charge in [0.1, 0.15) is 11.5 Å². The van der Waals surface area contributed by atoms with Crippen LogP contribution in [-0.2, 0) is 6.54 Å². The van der Waals surface area contributed by atoms with Crippen LogP contribution in [0.5, 0.6) is 11.5 Å². The molecule has 5 rings (SSSR count). The summed E-state index contributed by atoms with van der Waals surface area (Å²) in [5, 5.41) is 7.07. The summed E-state index contributed by atoms with van der Waals surface area (Å²) in [6.45, 7) is 0.549. The van der Waals surface area contributed by atoms with Crippen molar-refractivity contribution in [1.29, 1.82) is 0 Å². The molecule has 2 heterocycles. The first-order valence-electron chi connectivity index (χ1n) is 12.4. The maximum absolute atomic E-state index is 6.10. The van der Waals surface area contributed by atoms with Crippen LogP contribution in [0.1, 0.15) is 63.0 Å². The van der Waals surface area contributed by atoms with E-state index < -0.39 is 0 Å². The lowest BCUT2D eigenvalue weighted by Crippen LogP contribution is -2.33. The van der Waals surface area contributed by atoms with E-state index in [4.69, 9.17) is 30.2 Å². The van der Waals surface area contributed by atoms with Gasteiger partial charge in [0.15, 0.2) is 17.0 Å². The van der Waals surface area contributed by atoms with Gasteiger partial charge in [-0.25, -0.2) is 4.98 Å². The fourth-order valence-electron chi connectivity index (χ4n) is 5.18. The lowest BCUT2D eigenvalue weighted by molar-refractivity contribution is 0.391. The molecule has 9 nitrogen and oxygen atoms in total. The van der Waals surface area contributed by atoms with Crippen molar-refractivity contribution >= 4 is 22.9 Å². The van der Waals surface area contributed by atoms with E-state index in [-0.39, 0.29) is 0 Å². The third-order valence-electron chi connectivity index (χ3n) is 7.19. The van der Waals surface area contributed by atoms with Crippen molar-refractivity contribution in [2.24, 2.45) is 5.73 Å². The van der Waals surface area contributed by atoms with Gasteiger partial charge in [-0.15, -0.1) is 0 Å². The van der Waals surface area contributed by atoms with Crippen LogP contribution in [0.2, 0.25) is 0 Å². The summed E-state index contributed by atoms with van der Waals surface area (Å²) in [7, 11) is 3.32. The molecule has 182 valence electrons. The molecule has 0 radical (unpaired) electrons. The number of nitrogens with two attached hydrogens (primary N) is 1. The van der Waals surface area contributed by atoms with Crippen molar-refractivity contribution in [2.45, 2.75) is 76.0 Å². The Balaban J connectivity index is 1.44. The molecule has 2 aromatic heterocycles. The summed E-state index contributed by atoms with van der Waals surface area (Å²) >= 11 is 0. The highest BCUT2D eigenvalue weighted by atomic mass is 16.5. The largest absolute Gasteiger partial charge is 0.497 e. The van der Waals surface area contributed by atoms with E-state index >= 15 is 0 Å². The highest BCUT2D eigenvalue weighted by Gasteiger charge is 2.24. The number of imidazole rings is 1. The number of nitrogens with zero attached hydrogens (tertiary/aromatic N) is 4. The number of benzene rings is 1. The van der Waals surface area contributed by atoms with Gasteiger partial charge in [0.25, 0.3) is 0 Å². The van der Waals surface area contributed by atoms with Crippen molar-refractivity contribution in [3.8, 4) is 11.5 Å². The van der Waals surface area contributed by atoms with Crippen molar-refractivity contribution in [1.82, 2.24) is 19.5 Å². The Morgan fingerprint density at radius 1 is 1.03 bits per heavy atom. The zero-order valence-electron chi connectivity index (χ0n) is 20.1. The van der Waals surface area contributed by atoms with Crippen LogP contribution >= 0.6 is 0 Å². The monoisotopic (exact) mass is 465 g/mol. The molecule has 2 fully saturated rings. The van der Waals surface area contributed by atoms with Crippen molar-refractivity contribution < 1.29 is 9.47 Å². The van der Waals surface area contributed by atoms with E-state index in [2.05, 4.69) is 15.2 Å². The summed E-state index contributed by atoms with van der Waals surface area (Å²) in [4.78, 5) is 14.5. The maximum Gasteiger partial charge on any atom is 0.227 e. The highest BCUT2D eigenvalue weighted by Crippen LogP contribution is 2.34. The number of anilines is 2. The van der Waals surface area contributed by atoms with Crippen molar-refractivity contribution in [3.63, 3.8) is 0 Å². The Kier molecular flexibility index (Phi) is 6.71. The van der Waals surface area contributed by atoms with Crippen LogP contribution < -0.4 is 25.8 Å². The number of nitrogens with one attached hydrogen (secondary N) is 2. The second kappa shape index (κ2) is 10.0. The highest BCUT2D eigenvalue weighted by molar-refractivity contribution is 5.84. The van der Waals surface area contributed by atoms with Gasteiger partial charge in [-0.2, -0.15) is 9.97 Å². The minimum atomic E-state index is 0.307. The normalized spacial score (nSPS) is 21.0. The van der Waals surface area contributed by atoms with E-state index in [1.165, 1.54) is 25.7 Å². The minimum Gasteiger partial charge on any atom is -0.497 e. The van der Waals surface area contributed by atoms with Crippen LogP contribution in [0.4, 0.5) is 11.8 Å². The van der Waals surface area contributed by atoms with Crippen LogP contribution in [0, 0.1) is 0 Å².